The zero-order valence-electron chi connectivity index (χ0n) is 20.7. The number of aromatic amines is 1. The van der Waals surface area contributed by atoms with Crippen molar-refractivity contribution in [3.63, 3.8) is 0 Å². The highest BCUT2D eigenvalue weighted by Crippen LogP contribution is 2.35. The maximum absolute atomic E-state index is 13.0. The van der Waals surface area contributed by atoms with Crippen LogP contribution < -0.4 is 5.32 Å². The summed E-state index contributed by atoms with van der Waals surface area (Å²) in [5, 5.41) is 12.9. The number of fused-ring (bicyclic) bond motifs is 1. The lowest BCUT2D eigenvalue weighted by Gasteiger charge is -2.38. The van der Waals surface area contributed by atoms with Gasteiger partial charge in [0.05, 0.1) is 17.7 Å². The van der Waals surface area contributed by atoms with Gasteiger partial charge in [0.15, 0.2) is 0 Å². The average Bonchev–Trinajstić information content (AvgIpc) is 3.32. The number of halogens is 1. The lowest BCUT2D eigenvalue weighted by molar-refractivity contribution is 0.164. The molecule has 0 saturated carbocycles. The summed E-state index contributed by atoms with van der Waals surface area (Å²) in [5.41, 5.74) is 5.80. The highest BCUT2D eigenvalue weighted by Gasteiger charge is 2.26. The molecule has 1 saturated heterocycles. The van der Waals surface area contributed by atoms with Gasteiger partial charge in [0, 0.05) is 54.4 Å². The number of rotatable bonds is 4. The average molecular weight is 513 g/mol. The highest BCUT2D eigenvalue weighted by atomic mass is 35.5. The monoisotopic (exact) mass is 512 g/mol. The zero-order chi connectivity index (χ0) is 25.8. The van der Waals surface area contributed by atoms with Gasteiger partial charge in [-0.15, -0.1) is 0 Å². The van der Waals surface area contributed by atoms with Crippen LogP contribution in [-0.4, -0.2) is 53.2 Å². The molecule has 8 heteroatoms. The van der Waals surface area contributed by atoms with Crippen molar-refractivity contribution in [1.82, 2.24) is 20.1 Å². The van der Waals surface area contributed by atoms with E-state index in [1.165, 1.54) is 0 Å². The molecule has 2 N–H and O–H groups in total. The van der Waals surface area contributed by atoms with Crippen LogP contribution in [0.1, 0.15) is 42.5 Å². The van der Waals surface area contributed by atoms with Gasteiger partial charge >= 0.3 is 6.03 Å². The number of aromatic nitrogens is 1. The van der Waals surface area contributed by atoms with Crippen molar-refractivity contribution in [3.05, 3.63) is 82.4 Å². The van der Waals surface area contributed by atoms with Gasteiger partial charge in [-0.1, -0.05) is 41.9 Å². The molecule has 3 heterocycles. The number of nitrogens with zero attached hydrogens (tertiary/aromatic N) is 4. The van der Waals surface area contributed by atoms with E-state index in [1.54, 1.807) is 0 Å². The number of nitrogens with one attached hydrogen (secondary N) is 2. The third-order valence-corrected chi connectivity index (χ3v) is 7.08. The molecule has 5 rings (SSSR count). The molecule has 0 aliphatic carbocycles. The second kappa shape index (κ2) is 10.9. The quantitative estimate of drug-likeness (QED) is 0.440. The van der Waals surface area contributed by atoms with Crippen molar-refractivity contribution in [2.24, 2.45) is 4.99 Å². The normalized spacial score (nSPS) is 18.5. The molecular weight excluding hydrogens is 484 g/mol. The van der Waals surface area contributed by atoms with Crippen LogP contribution in [0.15, 0.2) is 65.7 Å². The van der Waals surface area contributed by atoms with Gasteiger partial charge in [-0.2, -0.15) is 5.26 Å². The van der Waals surface area contributed by atoms with Gasteiger partial charge < -0.3 is 20.1 Å². The van der Waals surface area contributed by atoms with Crippen molar-refractivity contribution < 1.29 is 4.79 Å². The number of hydrogen-bond donors (Lipinski definition) is 2. The van der Waals surface area contributed by atoms with Crippen LogP contribution in [-0.2, 0) is 0 Å². The molecule has 188 valence electrons. The smallest absolute Gasteiger partial charge is 0.317 e. The number of benzene rings is 2. The van der Waals surface area contributed by atoms with E-state index < -0.39 is 0 Å². The first-order valence-electron chi connectivity index (χ1n) is 12.5. The number of hydrogen-bond acceptors (Lipinski definition) is 4. The Kier molecular flexibility index (Phi) is 7.29. The summed E-state index contributed by atoms with van der Waals surface area (Å²) in [7, 11) is 0. The first-order valence-corrected chi connectivity index (χ1v) is 12.9. The van der Waals surface area contributed by atoms with Gasteiger partial charge in [0.1, 0.15) is 5.82 Å². The molecule has 2 aliphatic heterocycles. The molecule has 7 nitrogen and oxygen atoms in total. The molecule has 2 aliphatic rings. The van der Waals surface area contributed by atoms with Crippen LogP contribution in [0.3, 0.4) is 0 Å². The van der Waals surface area contributed by atoms with Crippen LogP contribution in [0.2, 0.25) is 5.02 Å². The molecule has 37 heavy (non-hydrogen) atoms. The predicted molar refractivity (Wildman–Crippen MR) is 148 cm³/mol. The summed E-state index contributed by atoms with van der Waals surface area (Å²) in [5.74, 6) is 0.834. The first kappa shape index (κ1) is 24.7. The van der Waals surface area contributed by atoms with E-state index in [1.807, 2.05) is 66.6 Å². The fraction of sp³-hybridized carbons (Fsp3) is 0.276. The van der Waals surface area contributed by atoms with Crippen LogP contribution >= 0.6 is 11.6 Å². The molecule has 0 unspecified atom stereocenters. The van der Waals surface area contributed by atoms with Crippen molar-refractivity contribution in [2.75, 3.05) is 26.2 Å². The van der Waals surface area contributed by atoms with Gasteiger partial charge in [-0.3, -0.25) is 0 Å². The Hall–Kier alpha value is -4.02. The number of urea groups is 1. The molecule has 3 aromatic rings. The number of H-pyrrole nitrogens is 1. The summed E-state index contributed by atoms with van der Waals surface area (Å²) < 4.78 is 0. The fourth-order valence-corrected chi connectivity index (χ4v) is 4.97. The molecule has 0 radical (unpaired) electrons. The van der Waals surface area contributed by atoms with Crippen LogP contribution in [0.25, 0.3) is 17.0 Å². The maximum Gasteiger partial charge on any atom is 0.317 e. The van der Waals surface area contributed by atoms with E-state index in [0.717, 1.165) is 59.8 Å². The highest BCUT2D eigenvalue weighted by molar-refractivity contribution is 6.30. The SMILES string of the molecule is C[C@H](NC(=O)N1CCN(/C2=C/CC/C=N\c3[nH]c(-c4ccc(C#N)cc4)cc32)CC1)c1cccc(Cl)c1. The molecule has 1 aromatic heterocycles. The van der Waals surface area contributed by atoms with E-state index >= 15 is 0 Å². The van der Waals surface area contributed by atoms with Crippen LogP contribution in [0.4, 0.5) is 10.6 Å². The number of amides is 2. The van der Waals surface area contributed by atoms with E-state index in [4.69, 9.17) is 21.9 Å². The number of nitriles is 1. The standard InChI is InChI=1S/C29H29ClN6O/c1-20(23-5-4-6-24(30)17-23)33-29(37)36-15-13-35(14-16-36)27-7-2-3-12-32-28-25(27)18-26(34-28)22-10-8-21(19-31)9-11-22/h4-12,17-18,20,34H,2-3,13-16H2,1H3,(H,33,37)/b27-7+,32-12-/t20-/m0/s1. The Balaban J connectivity index is 1.28. The van der Waals surface area contributed by atoms with Gasteiger partial charge in [0.25, 0.3) is 0 Å². The Morgan fingerprint density at radius 3 is 2.62 bits per heavy atom. The van der Waals surface area contributed by atoms with E-state index in [9.17, 15) is 4.79 Å². The predicted octanol–water partition coefficient (Wildman–Crippen LogP) is 6.13. The largest absolute Gasteiger partial charge is 0.368 e. The minimum atomic E-state index is -0.126. The molecule has 1 fully saturated rings. The second-order valence-corrected chi connectivity index (χ2v) is 9.75. The lowest BCUT2D eigenvalue weighted by atomic mass is 10.1. The Labute approximate surface area is 222 Å². The molecule has 2 aromatic carbocycles. The van der Waals surface area contributed by atoms with Crippen molar-refractivity contribution in [2.45, 2.75) is 25.8 Å². The Morgan fingerprint density at radius 1 is 1.11 bits per heavy atom. The van der Waals surface area contributed by atoms with Crippen LogP contribution in [0.5, 0.6) is 0 Å². The number of carbonyl (C=O) groups is 1. The number of piperazine rings is 1. The second-order valence-electron chi connectivity index (χ2n) is 9.31. The minimum absolute atomic E-state index is 0.0613. The third kappa shape index (κ3) is 5.55. The fourth-order valence-electron chi connectivity index (χ4n) is 4.77. The van der Waals surface area contributed by atoms with Crippen molar-refractivity contribution >= 4 is 35.4 Å². The van der Waals surface area contributed by atoms with Gasteiger partial charge in [-0.05, 0) is 61.2 Å². The topological polar surface area (TPSA) is 87.5 Å². The van der Waals surface area contributed by atoms with Crippen molar-refractivity contribution in [1.29, 1.82) is 5.26 Å². The summed E-state index contributed by atoms with van der Waals surface area (Å²) in [6, 6.07) is 19.2. The Morgan fingerprint density at radius 2 is 1.89 bits per heavy atom. The summed E-state index contributed by atoms with van der Waals surface area (Å²) >= 11 is 6.11. The summed E-state index contributed by atoms with van der Waals surface area (Å²) in [6.45, 7) is 4.73. The number of allylic oxidation sites excluding steroid dienone is 1. The molecule has 2 amide bonds. The zero-order valence-corrected chi connectivity index (χ0v) is 21.5. The lowest BCUT2D eigenvalue weighted by Crippen LogP contribution is -2.51. The number of carbonyl (C=O) groups excluding carboxylic acids is 1. The van der Waals surface area contributed by atoms with Gasteiger partial charge in [-0.25, -0.2) is 9.79 Å². The molecule has 0 bridgehead atoms. The Bertz CT molecular complexity index is 1380. The molecular formula is C29H29ClN6O. The van der Waals surface area contributed by atoms with Crippen LogP contribution in [0, 0.1) is 11.3 Å². The summed E-state index contributed by atoms with van der Waals surface area (Å²) in [6.07, 6.45) is 6.01. The van der Waals surface area contributed by atoms with E-state index in [-0.39, 0.29) is 12.1 Å². The van der Waals surface area contributed by atoms with E-state index in [0.29, 0.717) is 23.7 Å². The third-order valence-electron chi connectivity index (χ3n) is 6.85. The van der Waals surface area contributed by atoms with Crippen molar-refractivity contribution in [3.8, 4) is 17.3 Å². The summed E-state index contributed by atoms with van der Waals surface area (Å²) in [4.78, 5) is 25.3. The molecule has 0 spiro atoms. The maximum atomic E-state index is 13.0. The molecule has 1 atom stereocenters. The first-order chi connectivity index (χ1) is 18.0. The van der Waals surface area contributed by atoms with Gasteiger partial charge in [0.2, 0.25) is 0 Å². The number of aliphatic imine (C=N–C) groups is 1. The van der Waals surface area contributed by atoms with E-state index in [2.05, 4.69) is 33.4 Å². The minimum Gasteiger partial charge on any atom is -0.368 e.